The molecule has 0 radical (unpaired) electrons. The zero-order valence-electron chi connectivity index (χ0n) is 12.1. The van der Waals surface area contributed by atoms with Crippen LogP contribution in [0, 0.1) is 6.92 Å². The number of rotatable bonds is 4. The monoisotopic (exact) mass is 271 g/mol. The lowest BCUT2D eigenvalue weighted by Gasteiger charge is -2.25. The molecule has 1 unspecified atom stereocenters. The molecule has 0 bridgehead atoms. The van der Waals surface area contributed by atoms with E-state index in [1.54, 1.807) is 0 Å². The first-order chi connectivity index (χ1) is 9.78. The molecule has 2 aromatic rings. The van der Waals surface area contributed by atoms with Crippen LogP contribution in [0.3, 0.4) is 0 Å². The number of benzene rings is 1. The van der Waals surface area contributed by atoms with Crippen molar-refractivity contribution in [3.63, 3.8) is 0 Å². The van der Waals surface area contributed by atoms with Crippen LogP contribution in [0.5, 0.6) is 5.75 Å². The van der Waals surface area contributed by atoms with Gasteiger partial charge < -0.3 is 10.1 Å². The Kier molecular flexibility index (Phi) is 3.74. The molecular weight excluding hydrogens is 250 g/mol. The predicted molar refractivity (Wildman–Crippen MR) is 79.0 cm³/mol. The zero-order chi connectivity index (χ0) is 13.9. The summed E-state index contributed by atoms with van der Waals surface area (Å²) in [5, 5.41) is 7.82. The minimum Gasteiger partial charge on any atom is -0.493 e. The summed E-state index contributed by atoms with van der Waals surface area (Å²) in [5.41, 5.74) is 3.69. The van der Waals surface area contributed by atoms with Crippen LogP contribution >= 0.6 is 0 Å². The molecule has 0 spiro atoms. The van der Waals surface area contributed by atoms with E-state index in [9.17, 15) is 0 Å². The third-order valence-corrected chi connectivity index (χ3v) is 3.91. The maximum Gasteiger partial charge on any atom is 0.122 e. The van der Waals surface area contributed by atoms with Crippen molar-refractivity contribution >= 4 is 0 Å². The lowest BCUT2D eigenvalue weighted by Crippen LogP contribution is -2.18. The Labute approximate surface area is 119 Å². The van der Waals surface area contributed by atoms with Crippen molar-refractivity contribution in [2.24, 2.45) is 0 Å². The highest BCUT2D eigenvalue weighted by molar-refractivity contribution is 5.37. The van der Waals surface area contributed by atoms with Crippen LogP contribution in [0.2, 0.25) is 0 Å². The summed E-state index contributed by atoms with van der Waals surface area (Å²) < 4.78 is 7.80. The maximum atomic E-state index is 5.72. The van der Waals surface area contributed by atoms with Gasteiger partial charge in [-0.05, 0) is 32.0 Å². The van der Waals surface area contributed by atoms with Crippen LogP contribution < -0.4 is 10.1 Å². The number of nitrogens with one attached hydrogen (secondary N) is 1. The summed E-state index contributed by atoms with van der Waals surface area (Å²) >= 11 is 0. The molecule has 2 heterocycles. The molecule has 0 saturated heterocycles. The summed E-state index contributed by atoms with van der Waals surface area (Å²) in [6, 6.07) is 8.35. The largest absolute Gasteiger partial charge is 0.493 e. The average molecular weight is 271 g/mol. The van der Waals surface area contributed by atoms with E-state index in [2.05, 4.69) is 46.4 Å². The second-order valence-corrected chi connectivity index (χ2v) is 5.36. The summed E-state index contributed by atoms with van der Waals surface area (Å²) in [4.78, 5) is 0. The lowest BCUT2D eigenvalue weighted by atomic mass is 9.93. The molecular formula is C16H21N3O. The van der Waals surface area contributed by atoms with Crippen molar-refractivity contribution in [3.05, 3.63) is 47.3 Å². The van der Waals surface area contributed by atoms with Gasteiger partial charge in [0, 0.05) is 30.8 Å². The fraction of sp³-hybridized carbons (Fsp3) is 0.438. The van der Waals surface area contributed by atoms with Gasteiger partial charge in [0.1, 0.15) is 5.75 Å². The highest BCUT2D eigenvalue weighted by Gasteiger charge is 2.21. The highest BCUT2D eigenvalue weighted by atomic mass is 16.5. The van der Waals surface area contributed by atoms with Crippen LogP contribution in [0.25, 0.3) is 0 Å². The van der Waals surface area contributed by atoms with Crippen LogP contribution in [-0.2, 0) is 13.1 Å². The van der Waals surface area contributed by atoms with Crippen LogP contribution in [0.4, 0.5) is 0 Å². The van der Waals surface area contributed by atoms with Gasteiger partial charge in [0.2, 0.25) is 0 Å². The van der Waals surface area contributed by atoms with Gasteiger partial charge in [0.05, 0.1) is 12.3 Å². The Hall–Kier alpha value is -1.81. The summed E-state index contributed by atoms with van der Waals surface area (Å²) in [6.07, 6.45) is 3.21. The normalized spacial score (nSPS) is 17.6. The molecule has 1 atom stereocenters. The van der Waals surface area contributed by atoms with Crippen molar-refractivity contribution in [1.29, 1.82) is 0 Å². The Morgan fingerprint density at radius 2 is 2.25 bits per heavy atom. The maximum absolute atomic E-state index is 5.72. The van der Waals surface area contributed by atoms with Gasteiger partial charge in [0.25, 0.3) is 0 Å². The van der Waals surface area contributed by atoms with Gasteiger partial charge in [-0.1, -0.05) is 18.2 Å². The first-order valence-electron chi connectivity index (χ1n) is 7.17. The molecule has 4 nitrogen and oxygen atoms in total. The molecule has 3 rings (SSSR count). The molecule has 0 aliphatic carbocycles. The van der Waals surface area contributed by atoms with Gasteiger partial charge in [-0.25, -0.2) is 0 Å². The third kappa shape index (κ3) is 2.56. The van der Waals surface area contributed by atoms with E-state index in [0.29, 0.717) is 5.92 Å². The molecule has 1 aromatic heterocycles. The van der Waals surface area contributed by atoms with Gasteiger partial charge in [-0.2, -0.15) is 5.10 Å². The van der Waals surface area contributed by atoms with Crippen molar-refractivity contribution in [2.45, 2.75) is 32.4 Å². The summed E-state index contributed by atoms with van der Waals surface area (Å²) in [7, 11) is 1.96. The van der Waals surface area contributed by atoms with E-state index in [1.807, 2.05) is 13.1 Å². The number of aromatic nitrogens is 2. The lowest BCUT2D eigenvalue weighted by molar-refractivity contribution is 0.256. The fourth-order valence-corrected chi connectivity index (χ4v) is 2.85. The zero-order valence-corrected chi connectivity index (χ0v) is 12.1. The number of aryl methyl sites for hydroxylation is 1. The molecule has 1 N–H and O–H groups in total. The molecule has 1 aromatic carbocycles. The molecule has 20 heavy (non-hydrogen) atoms. The number of ether oxygens (including phenoxy) is 1. The third-order valence-electron chi connectivity index (χ3n) is 3.91. The molecule has 1 aliphatic heterocycles. The number of nitrogens with zero attached hydrogens (tertiary/aromatic N) is 2. The highest BCUT2D eigenvalue weighted by Crippen LogP contribution is 2.34. The van der Waals surface area contributed by atoms with Gasteiger partial charge in [-0.15, -0.1) is 0 Å². The van der Waals surface area contributed by atoms with Crippen molar-refractivity contribution in [1.82, 2.24) is 15.1 Å². The van der Waals surface area contributed by atoms with Gasteiger partial charge in [0.15, 0.2) is 0 Å². The number of hydrogen-bond donors (Lipinski definition) is 1. The van der Waals surface area contributed by atoms with E-state index in [0.717, 1.165) is 37.6 Å². The van der Waals surface area contributed by atoms with Crippen LogP contribution in [-0.4, -0.2) is 23.4 Å². The van der Waals surface area contributed by atoms with E-state index >= 15 is 0 Å². The minimum atomic E-state index is 0.488. The Balaban J connectivity index is 1.80. The smallest absolute Gasteiger partial charge is 0.122 e. The first-order valence-corrected chi connectivity index (χ1v) is 7.17. The van der Waals surface area contributed by atoms with E-state index in [1.165, 1.54) is 11.1 Å². The Bertz CT molecular complexity index is 591. The van der Waals surface area contributed by atoms with Crippen molar-refractivity contribution < 1.29 is 4.74 Å². The second-order valence-electron chi connectivity index (χ2n) is 5.36. The van der Waals surface area contributed by atoms with Crippen LogP contribution in [0.1, 0.15) is 29.2 Å². The Morgan fingerprint density at radius 1 is 1.40 bits per heavy atom. The summed E-state index contributed by atoms with van der Waals surface area (Å²) in [6.45, 7) is 4.66. The van der Waals surface area contributed by atoms with Gasteiger partial charge in [-0.3, -0.25) is 4.68 Å². The molecule has 0 fully saturated rings. The SMILES string of the molecule is CNCc1cn(CC2CCOc3ccccc32)nc1C. The Morgan fingerprint density at radius 3 is 3.10 bits per heavy atom. The number of para-hydroxylation sites is 1. The minimum absolute atomic E-state index is 0.488. The topological polar surface area (TPSA) is 39.1 Å². The molecule has 0 saturated carbocycles. The molecule has 106 valence electrons. The van der Waals surface area contributed by atoms with E-state index in [-0.39, 0.29) is 0 Å². The van der Waals surface area contributed by atoms with Crippen molar-refractivity contribution in [2.75, 3.05) is 13.7 Å². The van der Waals surface area contributed by atoms with Crippen LogP contribution in [0.15, 0.2) is 30.5 Å². The molecule has 4 heteroatoms. The fourth-order valence-electron chi connectivity index (χ4n) is 2.85. The predicted octanol–water partition coefficient (Wildman–Crippen LogP) is 2.48. The van der Waals surface area contributed by atoms with Gasteiger partial charge >= 0.3 is 0 Å². The average Bonchev–Trinajstić information content (AvgIpc) is 2.80. The van der Waals surface area contributed by atoms with E-state index < -0.39 is 0 Å². The molecule has 0 amide bonds. The first kappa shape index (κ1) is 13.2. The second kappa shape index (κ2) is 5.67. The van der Waals surface area contributed by atoms with Crippen molar-refractivity contribution in [3.8, 4) is 5.75 Å². The number of fused-ring (bicyclic) bond motifs is 1. The summed E-state index contributed by atoms with van der Waals surface area (Å²) in [5.74, 6) is 1.52. The number of hydrogen-bond acceptors (Lipinski definition) is 3. The molecule has 1 aliphatic rings. The van der Waals surface area contributed by atoms with E-state index in [4.69, 9.17) is 4.74 Å². The quantitative estimate of drug-likeness (QED) is 0.928. The standard InChI is InChI=1S/C16H21N3O/c1-12-14(9-17-2)11-19(18-12)10-13-7-8-20-16-6-4-3-5-15(13)16/h3-6,11,13,17H,7-10H2,1-2H3.